The smallest absolute Gasteiger partial charge is 0.269 e. The summed E-state index contributed by atoms with van der Waals surface area (Å²) in [6.07, 6.45) is 8.22. The van der Waals surface area contributed by atoms with Crippen LogP contribution in [0.25, 0.3) is 0 Å². The highest BCUT2D eigenvalue weighted by Crippen LogP contribution is 2.26. The fourth-order valence-electron chi connectivity index (χ4n) is 4.27. The van der Waals surface area contributed by atoms with Crippen LogP contribution >= 0.6 is 0 Å². The van der Waals surface area contributed by atoms with E-state index in [4.69, 9.17) is 0 Å². The van der Waals surface area contributed by atoms with Crippen LogP contribution in [0, 0.1) is 5.92 Å². The second-order valence-electron chi connectivity index (χ2n) is 7.58. The van der Waals surface area contributed by atoms with Gasteiger partial charge in [0.05, 0.1) is 6.20 Å². The predicted octanol–water partition coefficient (Wildman–Crippen LogP) is 2.86. The summed E-state index contributed by atoms with van der Waals surface area (Å²) >= 11 is 0. The predicted molar refractivity (Wildman–Crippen MR) is 102 cm³/mol. The molecule has 1 aromatic heterocycles. The number of nitrogens with zero attached hydrogens (tertiary/aromatic N) is 3. The monoisotopic (exact) mass is 352 g/mol. The molecule has 1 aromatic carbocycles. The minimum atomic E-state index is -0.0307. The minimum Gasteiger partial charge on any atom is -0.347 e. The molecule has 0 unspecified atom stereocenters. The quantitative estimate of drug-likeness (QED) is 0.900. The lowest BCUT2D eigenvalue weighted by Gasteiger charge is -2.23. The maximum atomic E-state index is 12.6. The standard InChI is InChI=1S/C21H28N4O/c26-21(23-14-17-6-2-1-3-7-17)19-15-22-20-10-11-24(12-13-25(19)20)16-18-8-4-5-9-18/h1-3,6-7,15,18H,4-5,8-14,16H2,(H,23,26). The van der Waals surface area contributed by atoms with E-state index in [1.54, 1.807) is 6.20 Å². The molecule has 1 saturated carbocycles. The molecular weight excluding hydrogens is 324 g/mol. The van der Waals surface area contributed by atoms with E-state index in [2.05, 4.69) is 19.8 Å². The molecular formula is C21H28N4O. The van der Waals surface area contributed by atoms with Crippen molar-refractivity contribution < 1.29 is 4.79 Å². The zero-order chi connectivity index (χ0) is 17.8. The molecule has 2 aliphatic rings. The number of nitrogens with one attached hydrogen (secondary N) is 1. The molecule has 2 heterocycles. The van der Waals surface area contributed by atoms with Crippen LogP contribution in [0.15, 0.2) is 36.5 Å². The maximum absolute atomic E-state index is 12.6. The zero-order valence-corrected chi connectivity index (χ0v) is 15.4. The number of carbonyl (C=O) groups is 1. The fraction of sp³-hybridized carbons (Fsp3) is 0.524. The highest BCUT2D eigenvalue weighted by atomic mass is 16.1. The third-order valence-corrected chi connectivity index (χ3v) is 5.75. The van der Waals surface area contributed by atoms with Gasteiger partial charge in [0.25, 0.3) is 5.91 Å². The average Bonchev–Trinajstić information content (AvgIpc) is 3.28. The van der Waals surface area contributed by atoms with E-state index in [0.717, 1.165) is 43.4 Å². The lowest BCUT2D eigenvalue weighted by molar-refractivity contribution is 0.0940. The van der Waals surface area contributed by atoms with Crippen LogP contribution in [-0.2, 0) is 19.5 Å². The molecule has 4 rings (SSSR count). The van der Waals surface area contributed by atoms with Gasteiger partial charge in [0.1, 0.15) is 11.5 Å². The second kappa shape index (κ2) is 8.04. The summed E-state index contributed by atoms with van der Waals surface area (Å²) in [6.45, 7) is 4.68. The summed E-state index contributed by atoms with van der Waals surface area (Å²) in [5, 5.41) is 3.03. The SMILES string of the molecule is O=C(NCc1ccccc1)c1cnc2n1CCN(CC1CCCC1)CC2. The third-order valence-electron chi connectivity index (χ3n) is 5.75. The van der Waals surface area contributed by atoms with Crippen molar-refractivity contribution in [3.63, 3.8) is 0 Å². The highest BCUT2D eigenvalue weighted by molar-refractivity contribution is 5.92. The van der Waals surface area contributed by atoms with Gasteiger partial charge >= 0.3 is 0 Å². The first-order valence-electron chi connectivity index (χ1n) is 9.88. The number of hydrogen-bond donors (Lipinski definition) is 1. The number of hydrogen-bond acceptors (Lipinski definition) is 3. The lowest BCUT2D eigenvalue weighted by atomic mass is 10.1. The van der Waals surface area contributed by atoms with E-state index in [9.17, 15) is 4.79 Å². The van der Waals surface area contributed by atoms with Crippen molar-refractivity contribution in [1.29, 1.82) is 0 Å². The van der Waals surface area contributed by atoms with Gasteiger partial charge in [-0.1, -0.05) is 43.2 Å². The van der Waals surface area contributed by atoms with Gasteiger partial charge in [-0.25, -0.2) is 4.98 Å². The molecule has 1 amide bonds. The third kappa shape index (κ3) is 3.98. The van der Waals surface area contributed by atoms with Crippen molar-refractivity contribution >= 4 is 5.91 Å². The molecule has 5 nitrogen and oxygen atoms in total. The molecule has 2 aromatic rings. The highest BCUT2D eigenvalue weighted by Gasteiger charge is 2.23. The number of benzene rings is 1. The topological polar surface area (TPSA) is 50.2 Å². The molecule has 1 aliphatic heterocycles. The number of aromatic nitrogens is 2. The van der Waals surface area contributed by atoms with Gasteiger partial charge in [0.15, 0.2) is 0 Å². The van der Waals surface area contributed by atoms with Crippen molar-refractivity contribution in [3.8, 4) is 0 Å². The molecule has 5 heteroatoms. The van der Waals surface area contributed by atoms with Crippen LogP contribution in [0.1, 0.15) is 47.6 Å². The van der Waals surface area contributed by atoms with Gasteiger partial charge in [-0.3, -0.25) is 4.79 Å². The summed E-state index contributed by atoms with van der Waals surface area (Å²) in [5.74, 6) is 1.88. The molecule has 1 fully saturated rings. The molecule has 1 N–H and O–H groups in total. The van der Waals surface area contributed by atoms with E-state index in [0.29, 0.717) is 12.2 Å². The number of imidazole rings is 1. The Kier molecular flexibility index (Phi) is 5.34. The first kappa shape index (κ1) is 17.3. The first-order chi connectivity index (χ1) is 12.8. The average molecular weight is 352 g/mol. The van der Waals surface area contributed by atoms with Gasteiger partial charge in [0.2, 0.25) is 0 Å². The Hall–Kier alpha value is -2.14. The molecule has 138 valence electrons. The second-order valence-corrected chi connectivity index (χ2v) is 7.58. The lowest BCUT2D eigenvalue weighted by Crippen LogP contribution is -2.32. The van der Waals surface area contributed by atoms with E-state index in [1.807, 2.05) is 30.3 Å². The van der Waals surface area contributed by atoms with Crippen LogP contribution in [-0.4, -0.2) is 40.0 Å². The van der Waals surface area contributed by atoms with Crippen molar-refractivity contribution in [2.75, 3.05) is 19.6 Å². The Morgan fingerprint density at radius 2 is 1.92 bits per heavy atom. The normalized spacial score (nSPS) is 18.5. The Morgan fingerprint density at radius 3 is 2.73 bits per heavy atom. The van der Waals surface area contributed by atoms with Gasteiger partial charge in [-0.2, -0.15) is 0 Å². The van der Waals surface area contributed by atoms with Crippen molar-refractivity contribution in [3.05, 3.63) is 53.6 Å². The van der Waals surface area contributed by atoms with E-state index >= 15 is 0 Å². The Morgan fingerprint density at radius 1 is 1.12 bits per heavy atom. The van der Waals surface area contributed by atoms with Crippen LogP contribution in [0.2, 0.25) is 0 Å². The molecule has 0 atom stereocenters. The summed E-state index contributed by atoms with van der Waals surface area (Å²) in [5.41, 5.74) is 1.80. The van der Waals surface area contributed by atoms with Crippen molar-refractivity contribution in [2.24, 2.45) is 5.92 Å². The number of fused-ring (bicyclic) bond motifs is 1. The van der Waals surface area contributed by atoms with Gasteiger partial charge in [-0.05, 0) is 24.3 Å². The molecule has 1 aliphatic carbocycles. The van der Waals surface area contributed by atoms with Crippen LogP contribution in [0.4, 0.5) is 0 Å². The molecule has 0 saturated heterocycles. The van der Waals surface area contributed by atoms with E-state index < -0.39 is 0 Å². The Bertz CT molecular complexity index is 734. The van der Waals surface area contributed by atoms with Gasteiger partial charge < -0.3 is 14.8 Å². The van der Waals surface area contributed by atoms with Crippen molar-refractivity contribution in [1.82, 2.24) is 19.8 Å². The molecule has 26 heavy (non-hydrogen) atoms. The Balaban J connectivity index is 1.37. The van der Waals surface area contributed by atoms with Gasteiger partial charge in [-0.15, -0.1) is 0 Å². The summed E-state index contributed by atoms with van der Waals surface area (Å²) < 4.78 is 2.12. The summed E-state index contributed by atoms with van der Waals surface area (Å²) in [7, 11) is 0. The van der Waals surface area contributed by atoms with Gasteiger partial charge in [0, 0.05) is 39.1 Å². The van der Waals surface area contributed by atoms with Crippen LogP contribution in [0.5, 0.6) is 0 Å². The molecule has 0 spiro atoms. The molecule has 0 bridgehead atoms. The number of rotatable bonds is 5. The minimum absolute atomic E-state index is 0.0307. The number of amides is 1. The zero-order valence-electron chi connectivity index (χ0n) is 15.4. The summed E-state index contributed by atoms with van der Waals surface area (Å²) in [4.78, 5) is 19.7. The first-order valence-corrected chi connectivity index (χ1v) is 9.88. The van der Waals surface area contributed by atoms with E-state index in [1.165, 1.54) is 32.2 Å². The summed E-state index contributed by atoms with van der Waals surface area (Å²) in [6, 6.07) is 10.0. The maximum Gasteiger partial charge on any atom is 0.269 e. The van der Waals surface area contributed by atoms with Crippen LogP contribution < -0.4 is 5.32 Å². The van der Waals surface area contributed by atoms with Crippen LogP contribution in [0.3, 0.4) is 0 Å². The fourth-order valence-corrected chi connectivity index (χ4v) is 4.27. The largest absolute Gasteiger partial charge is 0.347 e. The van der Waals surface area contributed by atoms with Crippen molar-refractivity contribution in [2.45, 2.75) is 45.2 Å². The Labute approximate surface area is 155 Å². The molecule has 0 radical (unpaired) electrons. The number of carbonyl (C=O) groups excluding carboxylic acids is 1. The van der Waals surface area contributed by atoms with E-state index in [-0.39, 0.29) is 5.91 Å².